The van der Waals surface area contributed by atoms with Gasteiger partial charge in [-0.15, -0.1) is 0 Å². The number of benzene rings is 2. The van der Waals surface area contributed by atoms with Gasteiger partial charge < -0.3 is 14.7 Å². The van der Waals surface area contributed by atoms with Crippen LogP contribution in [0.4, 0.5) is 5.69 Å². The first-order chi connectivity index (χ1) is 16.2. The summed E-state index contributed by atoms with van der Waals surface area (Å²) in [6.45, 7) is 7.76. The standard InChI is InChI=1S/C26H31N5O2/c1-19-10-15-31(16-11-19)23-8-6-21(7-9-23)24-28-26(33-29-24)25(32)27-13-17-30-14-12-20-4-2-3-5-22(20)18-30/h2-9,19H,10-18H2,1H3,(H,27,32). The Hall–Kier alpha value is -3.19. The fourth-order valence-electron chi connectivity index (χ4n) is 4.67. The number of nitrogens with one attached hydrogen (secondary N) is 1. The predicted molar refractivity (Wildman–Crippen MR) is 128 cm³/mol. The molecule has 0 aliphatic carbocycles. The van der Waals surface area contributed by atoms with Crippen LogP contribution >= 0.6 is 0 Å². The highest BCUT2D eigenvalue weighted by Gasteiger charge is 2.19. The third kappa shape index (κ3) is 5.09. The zero-order chi connectivity index (χ0) is 22.6. The van der Waals surface area contributed by atoms with E-state index in [4.69, 9.17) is 4.52 Å². The van der Waals surface area contributed by atoms with Gasteiger partial charge in [0.1, 0.15) is 0 Å². The molecule has 0 saturated carbocycles. The molecule has 2 aliphatic rings. The van der Waals surface area contributed by atoms with Crippen molar-refractivity contribution in [2.75, 3.05) is 37.6 Å². The lowest BCUT2D eigenvalue weighted by molar-refractivity contribution is 0.0903. The fourth-order valence-corrected chi connectivity index (χ4v) is 4.67. The van der Waals surface area contributed by atoms with Gasteiger partial charge in [0.05, 0.1) is 0 Å². The molecule has 0 bridgehead atoms. The highest BCUT2D eigenvalue weighted by Crippen LogP contribution is 2.25. The summed E-state index contributed by atoms with van der Waals surface area (Å²) in [5.41, 5.74) is 4.86. The lowest BCUT2D eigenvalue weighted by Crippen LogP contribution is -2.37. The SMILES string of the molecule is CC1CCN(c2ccc(-c3noc(C(=O)NCCN4CCc5ccccc5C4)n3)cc2)CC1. The predicted octanol–water partition coefficient (Wildman–Crippen LogP) is 3.76. The molecule has 33 heavy (non-hydrogen) atoms. The molecular formula is C26H31N5O2. The zero-order valence-electron chi connectivity index (χ0n) is 19.2. The number of carbonyl (C=O) groups excluding carboxylic acids is 1. The molecule has 0 atom stereocenters. The van der Waals surface area contributed by atoms with Gasteiger partial charge >= 0.3 is 11.8 Å². The lowest BCUT2D eigenvalue weighted by atomic mass is 9.98. The van der Waals surface area contributed by atoms with Crippen molar-refractivity contribution in [1.29, 1.82) is 0 Å². The van der Waals surface area contributed by atoms with Crippen LogP contribution in [0.1, 0.15) is 41.6 Å². The van der Waals surface area contributed by atoms with E-state index in [1.165, 1.54) is 29.7 Å². The van der Waals surface area contributed by atoms with Gasteiger partial charge in [0.25, 0.3) is 0 Å². The second kappa shape index (κ2) is 9.75. The van der Waals surface area contributed by atoms with Gasteiger partial charge in [0, 0.05) is 50.5 Å². The van der Waals surface area contributed by atoms with Gasteiger partial charge in [-0.3, -0.25) is 9.69 Å². The number of rotatable bonds is 6. The van der Waals surface area contributed by atoms with E-state index in [0.717, 1.165) is 50.6 Å². The third-order valence-electron chi connectivity index (χ3n) is 6.82. The Balaban J connectivity index is 1.12. The molecule has 0 radical (unpaired) electrons. The molecule has 3 aromatic rings. The normalized spacial score (nSPS) is 17.1. The quantitative estimate of drug-likeness (QED) is 0.623. The van der Waals surface area contributed by atoms with Gasteiger partial charge in [-0.2, -0.15) is 4.98 Å². The largest absolute Gasteiger partial charge is 0.372 e. The number of hydrogen-bond donors (Lipinski definition) is 1. The Morgan fingerprint density at radius 1 is 1.06 bits per heavy atom. The van der Waals surface area contributed by atoms with Crippen molar-refractivity contribution >= 4 is 11.6 Å². The first kappa shape index (κ1) is 21.6. The fraction of sp³-hybridized carbons (Fsp3) is 0.423. The van der Waals surface area contributed by atoms with E-state index in [1.807, 2.05) is 12.1 Å². The molecule has 0 spiro atoms. The maximum Gasteiger partial charge on any atom is 0.316 e. The Morgan fingerprint density at radius 2 is 1.82 bits per heavy atom. The van der Waals surface area contributed by atoms with E-state index < -0.39 is 0 Å². The Morgan fingerprint density at radius 3 is 2.61 bits per heavy atom. The number of piperidine rings is 1. The smallest absolute Gasteiger partial charge is 0.316 e. The molecule has 2 aliphatic heterocycles. The third-order valence-corrected chi connectivity index (χ3v) is 6.82. The molecule has 1 amide bonds. The van der Waals surface area contributed by atoms with Gasteiger partial charge in [0.2, 0.25) is 5.82 Å². The van der Waals surface area contributed by atoms with Crippen LogP contribution in [-0.4, -0.2) is 53.7 Å². The maximum atomic E-state index is 12.5. The van der Waals surface area contributed by atoms with Gasteiger partial charge in [-0.05, 0) is 60.6 Å². The van der Waals surface area contributed by atoms with Crippen LogP contribution in [-0.2, 0) is 13.0 Å². The van der Waals surface area contributed by atoms with Crippen LogP contribution in [0, 0.1) is 5.92 Å². The second-order valence-corrected chi connectivity index (χ2v) is 9.19. The van der Waals surface area contributed by atoms with Crippen LogP contribution in [0.2, 0.25) is 0 Å². The van der Waals surface area contributed by atoms with E-state index in [2.05, 4.69) is 68.6 Å². The van der Waals surface area contributed by atoms with Crippen molar-refractivity contribution in [2.24, 2.45) is 5.92 Å². The van der Waals surface area contributed by atoms with E-state index in [0.29, 0.717) is 12.4 Å². The summed E-state index contributed by atoms with van der Waals surface area (Å²) in [5, 5.41) is 6.92. The van der Waals surface area contributed by atoms with E-state index in [1.54, 1.807) is 0 Å². The minimum Gasteiger partial charge on any atom is -0.372 e. The first-order valence-electron chi connectivity index (χ1n) is 11.9. The molecule has 3 heterocycles. The highest BCUT2D eigenvalue weighted by atomic mass is 16.5. The number of aromatic nitrogens is 2. The van der Waals surface area contributed by atoms with Crippen molar-refractivity contribution in [2.45, 2.75) is 32.7 Å². The maximum absolute atomic E-state index is 12.5. The minimum atomic E-state index is -0.329. The summed E-state index contributed by atoms with van der Waals surface area (Å²) in [6, 6.07) is 16.7. The average Bonchev–Trinajstić information content (AvgIpc) is 3.35. The number of carbonyl (C=O) groups is 1. The van der Waals surface area contributed by atoms with Crippen molar-refractivity contribution in [1.82, 2.24) is 20.4 Å². The Labute approximate surface area is 194 Å². The number of hydrogen-bond acceptors (Lipinski definition) is 6. The van der Waals surface area contributed by atoms with Gasteiger partial charge in [0.15, 0.2) is 0 Å². The second-order valence-electron chi connectivity index (χ2n) is 9.19. The van der Waals surface area contributed by atoms with E-state index in [-0.39, 0.29) is 11.8 Å². The molecule has 7 nitrogen and oxygen atoms in total. The summed E-state index contributed by atoms with van der Waals surface area (Å²) < 4.78 is 5.23. The minimum absolute atomic E-state index is 0.00286. The molecule has 1 aromatic heterocycles. The molecule has 172 valence electrons. The van der Waals surface area contributed by atoms with Crippen molar-refractivity contribution in [3.63, 3.8) is 0 Å². The topological polar surface area (TPSA) is 74.5 Å². The van der Waals surface area contributed by atoms with Crippen LogP contribution in [0.15, 0.2) is 53.1 Å². The van der Waals surface area contributed by atoms with Crippen LogP contribution in [0.25, 0.3) is 11.4 Å². The summed E-state index contributed by atoms with van der Waals surface area (Å²) in [6.07, 6.45) is 3.51. The van der Waals surface area contributed by atoms with Crippen LogP contribution in [0.5, 0.6) is 0 Å². The lowest BCUT2D eigenvalue weighted by Gasteiger charge is -2.32. The number of amides is 1. The summed E-state index contributed by atoms with van der Waals surface area (Å²) in [7, 11) is 0. The van der Waals surface area contributed by atoms with Crippen molar-refractivity contribution in [3.05, 3.63) is 65.5 Å². The summed E-state index contributed by atoms with van der Waals surface area (Å²) >= 11 is 0. The summed E-state index contributed by atoms with van der Waals surface area (Å²) in [4.78, 5) is 21.6. The molecule has 7 heteroatoms. The zero-order valence-corrected chi connectivity index (χ0v) is 19.2. The van der Waals surface area contributed by atoms with Gasteiger partial charge in [-0.25, -0.2) is 0 Å². The Kier molecular flexibility index (Phi) is 6.39. The Bertz CT molecular complexity index is 1090. The highest BCUT2D eigenvalue weighted by molar-refractivity contribution is 5.89. The number of nitrogens with zero attached hydrogens (tertiary/aromatic N) is 4. The van der Waals surface area contributed by atoms with Crippen molar-refractivity contribution in [3.8, 4) is 11.4 Å². The average molecular weight is 446 g/mol. The first-order valence-corrected chi connectivity index (χ1v) is 11.9. The molecule has 5 rings (SSSR count). The van der Waals surface area contributed by atoms with E-state index >= 15 is 0 Å². The van der Waals surface area contributed by atoms with Gasteiger partial charge in [-0.1, -0.05) is 36.3 Å². The molecular weight excluding hydrogens is 414 g/mol. The monoisotopic (exact) mass is 445 g/mol. The molecule has 1 saturated heterocycles. The van der Waals surface area contributed by atoms with Crippen LogP contribution in [0.3, 0.4) is 0 Å². The van der Waals surface area contributed by atoms with Crippen LogP contribution < -0.4 is 10.2 Å². The number of fused-ring (bicyclic) bond motifs is 1. The molecule has 1 fully saturated rings. The van der Waals surface area contributed by atoms with Crippen molar-refractivity contribution < 1.29 is 9.32 Å². The molecule has 1 N–H and O–H groups in total. The van der Waals surface area contributed by atoms with E-state index in [9.17, 15) is 4.79 Å². The number of anilines is 1. The molecule has 2 aromatic carbocycles. The molecule has 0 unspecified atom stereocenters. The summed E-state index contributed by atoms with van der Waals surface area (Å²) in [5.74, 6) is 0.917.